The predicted molar refractivity (Wildman–Crippen MR) is 85.7 cm³/mol. The Balaban J connectivity index is 2.13. The van der Waals surface area contributed by atoms with Gasteiger partial charge >= 0.3 is 0 Å². The number of primary amides is 1. The first-order valence-corrected chi connectivity index (χ1v) is 7.13. The van der Waals surface area contributed by atoms with Crippen molar-refractivity contribution in [3.63, 3.8) is 0 Å². The van der Waals surface area contributed by atoms with E-state index < -0.39 is 5.91 Å². The molecule has 22 heavy (non-hydrogen) atoms. The molecule has 3 N–H and O–H groups in total. The van der Waals surface area contributed by atoms with E-state index in [4.69, 9.17) is 17.3 Å². The number of benzene rings is 1. The lowest BCUT2D eigenvalue weighted by Gasteiger charge is -2.26. The number of nitrogens with zero attached hydrogens (tertiary/aromatic N) is 1. The average Bonchev–Trinajstić information content (AvgIpc) is 2.46. The Morgan fingerprint density at radius 3 is 2.73 bits per heavy atom. The van der Waals surface area contributed by atoms with Crippen molar-refractivity contribution in [1.82, 2.24) is 4.98 Å². The maximum absolute atomic E-state index is 13.3. The summed E-state index contributed by atoms with van der Waals surface area (Å²) in [4.78, 5) is 15.2. The van der Waals surface area contributed by atoms with E-state index in [-0.39, 0.29) is 16.8 Å². The number of nitrogens with two attached hydrogens (primary N) is 1. The maximum atomic E-state index is 13.3. The summed E-state index contributed by atoms with van der Waals surface area (Å²) in [6.45, 7) is 4.47. The van der Waals surface area contributed by atoms with Crippen molar-refractivity contribution in [2.45, 2.75) is 19.3 Å². The van der Waals surface area contributed by atoms with E-state index in [1.54, 1.807) is 6.07 Å². The van der Waals surface area contributed by atoms with Crippen LogP contribution in [0.3, 0.4) is 0 Å². The number of halogens is 2. The van der Waals surface area contributed by atoms with E-state index in [9.17, 15) is 9.18 Å². The van der Waals surface area contributed by atoms with Crippen LogP contribution in [0.15, 0.2) is 36.5 Å². The summed E-state index contributed by atoms with van der Waals surface area (Å²) in [7, 11) is 0. The number of pyridine rings is 1. The molecule has 0 saturated heterocycles. The molecule has 2 rings (SSSR count). The van der Waals surface area contributed by atoms with Crippen LogP contribution in [-0.2, 0) is 5.41 Å². The molecule has 4 nitrogen and oxygen atoms in total. The summed E-state index contributed by atoms with van der Waals surface area (Å²) in [5.41, 5.74) is 5.96. The molecule has 1 aromatic heterocycles. The van der Waals surface area contributed by atoms with E-state index in [0.717, 1.165) is 5.56 Å². The van der Waals surface area contributed by atoms with Gasteiger partial charge in [0.25, 0.3) is 0 Å². The van der Waals surface area contributed by atoms with Crippen LogP contribution >= 0.6 is 11.6 Å². The van der Waals surface area contributed by atoms with Crippen LogP contribution < -0.4 is 11.1 Å². The first kappa shape index (κ1) is 16.2. The van der Waals surface area contributed by atoms with Crippen LogP contribution in [0.2, 0.25) is 5.02 Å². The fraction of sp³-hybridized carbons (Fsp3) is 0.250. The molecule has 1 aromatic carbocycles. The standard InChI is InChI=1S/C16H17ClFN3O/c1-16(2,11-4-3-5-12(18)7-11)9-21-15-13(17)6-10(8-20-15)14(19)22/h3-8H,9H2,1-2H3,(H2,19,22)(H,20,21). The van der Waals surface area contributed by atoms with Gasteiger partial charge in [0.15, 0.2) is 0 Å². The molecule has 0 atom stereocenters. The first-order valence-electron chi connectivity index (χ1n) is 6.75. The van der Waals surface area contributed by atoms with Crippen molar-refractivity contribution in [2.75, 3.05) is 11.9 Å². The Labute approximate surface area is 133 Å². The van der Waals surface area contributed by atoms with Crippen LogP contribution in [0.4, 0.5) is 10.2 Å². The third-order valence-corrected chi connectivity index (χ3v) is 3.72. The molecule has 0 bridgehead atoms. The number of hydrogen-bond donors (Lipinski definition) is 2. The van der Waals surface area contributed by atoms with E-state index in [1.807, 2.05) is 19.9 Å². The summed E-state index contributed by atoms with van der Waals surface area (Å²) in [6, 6.07) is 7.94. The molecule has 0 unspecified atom stereocenters. The predicted octanol–water partition coefficient (Wildman–Crippen LogP) is 3.36. The molecule has 0 radical (unpaired) electrons. The van der Waals surface area contributed by atoms with E-state index in [2.05, 4.69) is 10.3 Å². The average molecular weight is 322 g/mol. The second-order valence-electron chi connectivity index (χ2n) is 5.67. The highest BCUT2D eigenvalue weighted by atomic mass is 35.5. The minimum atomic E-state index is -0.582. The van der Waals surface area contributed by atoms with Crippen molar-refractivity contribution in [3.8, 4) is 0 Å². The Morgan fingerprint density at radius 1 is 1.41 bits per heavy atom. The summed E-state index contributed by atoms with van der Waals surface area (Å²) >= 11 is 6.08. The highest BCUT2D eigenvalue weighted by Crippen LogP contribution is 2.26. The molecule has 0 saturated carbocycles. The zero-order valence-corrected chi connectivity index (χ0v) is 13.1. The molecular formula is C16H17ClFN3O. The number of hydrogen-bond acceptors (Lipinski definition) is 3. The molecular weight excluding hydrogens is 305 g/mol. The number of rotatable bonds is 5. The van der Waals surface area contributed by atoms with Crippen molar-refractivity contribution in [1.29, 1.82) is 0 Å². The van der Waals surface area contributed by atoms with Gasteiger partial charge < -0.3 is 11.1 Å². The molecule has 0 fully saturated rings. The van der Waals surface area contributed by atoms with Crippen LogP contribution in [0.5, 0.6) is 0 Å². The molecule has 116 valence electrons. The Hall–Kier alpha value is -2.14. The lowest BCUT2D eigenvalue weighted by molar-refractivity contribution is 0.1000. The molecule has 0 spiro atoms. The first-order chi connectivity index (χ1) is 10.3. The van der Waals surface area contributed by atoms with Gasteiger partial charge in [0.05, 0.1) is 10.6 Å². The zero-order valence-electron chi connectivity index (χ0n) is 12.4. The monoisotopic (exact) mass is 321 g/mol. The minimum absolute atomic E-state index is 0.250. The molecule has 0 aliphatic carbocycles. The molecule has 1 amide bonds. The second-order valence-corrected chi connectivity index (χ2v) is 6.07. The lowest BCUT2D eigenvalue weighted by Crippen LogP contribution is -2.28. The van der Waals surface area contributed by atoms with E-state index in [1.165, 1.54) is 24.4 Å². The smallest absolute Gasteiger partial charge is 0.250 e. The number of carbonyl (C=O) groups excluding carboxylic acids is 1. The quantitative estimate of drug-likeness (QED) is 0.887. The van der Waals surface area contributed by atoms with Crippen LogP contribution in [0.1, 0.15) is 29.8 Å². The SMILES string of the molecule is CC(C)(CNc1ncc(C(N)=O)cc1Cl)c1cccc(F)c1. The molecule has 2 aromatic rings. The molecule has 0 aliphatic heterocycles. The highest BCUT2D eigenvalue weighted by Gasteiger charge is 2.21. The lowest BCUT2D eigenvalue weighted by atomic mass is 9.84. The maximum Gasteiger partial charge on any atom is 0.250 e. The third kappa shape index (κ3) is 3.74. The summed E-state index contributed by atoms with van der Waals surface area (Å²) < 4.78 is 13.3. The van der Waals surface area contributed by atoms with Gasteiger partial charge in [0.2, 0.25) is 5.91 Å². The number of nitrogens with one attached hydrogen (secondary N) is 1. The van der Waals surface area contributed by atoms with Crippen molar-refractivity contribution in [3.05, 3.63) is 58.5 Å². The van der Waals surface area contributed by atoms with Crippen molar-refractivity contribution in [2.24, 2.45) is 5.73 Å². The third-order valence-electron chi connectivity index (χ3n) is 3.43. The van der Waals surface area contributed by atoms with Crippen LogP contribution in [0.25, 0.3) is 0 Å². The van der Waals surface area contributed by atoms with Gasteiger partial charge in [-0.2, -0.15) is 0 Å². The van der Waals surface area contributed by atoms with Gasteiger partial charge in [-0.15, -0.1) is 0 Å². The zero-order chi connectivity index (χ0) is 16.3. The topological polar surface area (TPSA) is 68.0 Å². The Kier molecular flexibility index (Phi) is 4.66. The van der Waals surface area contributed by atoms with E-state index in [0.29, 0.717) is 17.4 Å². The van der Waals surface area contributed by atoms with Crippen LogP contribution in [-0.4, -0.2) is 17.4 Å². The van der Waals surface area contributed by atoms with Crippen LogP contribution in [0, 0.1) is 5.82 Å². The fourth-order valence-corrected chi connectivity index (χ4v) is 2.25. The largest absolute Gasteiger partial charge is 0.368 e. The van der Waals surface area contributed by atoms with E-state index >= 15 is 0 Å². The van der Waals surface area contributed by atoms with Gasteiger partial charge in [-0.3, -0.25) is 4.79 Å². The van der Waals surface area contributed by atoms with Crippen molar-refractivity contribution < 1.29 is 9.18 Å². The molecule has 1 heterocycles. The Bertz CT molecular complexity index is 704. The van der Waals surface area contributed by atoms with Gasteiger partial charge in [0, 0.05) is 18.2 Å². The van der Waals surface area contributed by atoms with Crippen molar-refractivity contribution >= 4 is 23.3 Å². The Morgan fingerprint density at radius 2 is 2.14 bits per heavy atom. The van der Waals surface area contributed by atoms with Gasteiger partial charge in [-0.05, 0) is 23.8 Å². The summed E-state index contributed by atoms with van der Waals surface area (Å²) in [5, 5.41) is 3.43. The summed E-state index contributed by atoms with van der Waals surface area (Å²) in [5.74, 6) is -0.398. The number of aromatic nitrogens is 1. The van der Waals surface area contributed by atoms with Gasteiger partial charge in [0.1, 0.15) is 11.6 Å². The molecule has 0 aliphatic rings. The van der Waals surface area contributed by atoms with Gasteiger partial charge in [-0.1, -0.05) is 37.6 Å². The number of anilines is 1. The minimum Gasteiger partial charge on any atom is -0.368 e. The number of amides is 1. The fourth-order valence-electron chi connectivity index (χ4n) is 2.02. The highest BCUT2D eigenvalue weighted by molar-refractivity contribution is 6.33. The van der Waals surface area contributed by atoms with Gasteiger partial charge in [-0.25, -0.2) is 9.37 Å². The normalized spacial score (nSPS) is 11.3. The number of carbonyl (C=O) groups is 1. The molecule has 6 heteroatoms. The summed E-state index contributed by atoms with van der Waals surface area (Å²) in [6.07, 6.45) is 1.37. The second kappa shape index (κ2) is 6.32.